The first kappa shape index (κ1) is 29.0. The van der Waals surface area contributed by atoms with Crippen LogP contribution in [0.3, 0.4) is 0 Å². The fourth-order valence-corrected chi connectivity index (χ4v) is 7.87. The molecule has 6 heterocycles. The zero-order valence-corrected chi connectivity index (χ0v) is 24.8. The number of nitrogens with one attached hydrogen (secondary N) is 2. The van der Waals surface area contributed by atoms with Crippen LogP contribution in [0.1, 0.15) is 32.1 Å². The summed E-state index contributed by atoms with van der Waals surface area (Å²) in [6.45, 7) is 2.56. The highest BCUT2D eigenvalue weighted by Crippen LogP contribution is 2.42. The van der Waals surface area contributed by atoms with Crippen LogP contribution >= 0.6 is 0 Å². The summed E-state index contributed by atoms with van der Waals surface area (Å²) in [6.07, 6.45) is 3.84. The van der Waals surface area contributed by atoms with E-state index in [-0.39, 0.29) is 57.3 Å². The van der Waals surface area contributed by atoms with Crippen LogP contribution in [0, 0.1) is 17.5 Å². The Morgan fingerprint density at radius 1 is 1.09 bits per heavy atom. The van der Waals surface area contributed by atoms with Gasteiger partial charge in [0.15, 0.2) is 17.5 Å². The number of hydrogen-bond acceptors (Lipinski definition) is 8. The Hall–Kier alpha value is -4.46. The molecule has 8 rings (SSSR count). The van der Waals surface area contributed by atoms with Gasteiger partial charge in [-0.1, -0.05) is 6.07 Å². The number of phenolic OH excluding ortho intramolecular Hbond substituents is 1. The fraction of sp³-hybridized carbons (Fsp3) is 0.438. The summed E-state index contributed by atoms with van der Waals surface area (Å²) in [6, 6.07) is 4.23. The van der Waals surface area contributed by atoms with Crippen molar-refractivity contribution in [3.63, 3.8) is 0 Å². The van der Waals surface area contributed by atoms with Crippen LogP contribution in [-0.2, 0) is 0 Å². The van der Waals surface area contributed by atoms with Gasteiger partial charge in [0.25, 0.3) is 0 Å². The second kappa shape index (κ2) is 10.5. The van der Waals surface area contributed by atoms with Gasteiger partial charge in [-0.2, -0.15) is 9.97 Å². The molecule has 4 aliphatic rings. The highest BCUT2D eigenvalue weighted by Gasteiger charge is 2.49. The van der Waals surface area contributed by atoms with Crippen LogP contribution in [-0.4, -0.2) is 87.6 Å². The molecule has 4 saturated heterocycles. The number of phenols is 1. The van der Waals surface area contributed by atoms with Gasteiger partial charge in [0, 0.05) is 49.7 Å². The van der Waals surface area contributed by atoms with Crippen molar-refractivity contribution < 1.29 is 32.2 Å². The molecule has 4 aromatic rings. The van der Waals surface area contributed by atoms with E-state index in [4.69, 9.17) is 9.72 Å². The van der Waals surface area contributed by atoms with E-state index < -0.39 is 34.7 Å². The highest BCUT2D eigenvalue weighted by atomic mass is 19.2. The minimum absolute atomic E-state index is 0.115. The minimum Gasteiger partial charge on any atom is -0.508 e. The summed E-state index contributed by atoms with van der Waals surface area (Å²) in [5.74, 6) is -3.20. The standard InChI is InChI=1S/C32H31F4N7O3/c33-18-11-32(6-2-8-43(32)13-18)16-46-30-39-27-21(28(40-30)42-7-1-5-31(15-42)14-38-29(45)41-31)12-37-26(25(27)36)20-10-19(44)9-17-3-4-22(34)24(35)23(17)20/h3-4,9-10,12,18,44H,1-2,5-8,11,13-16H2,(H2,38,41,45)/t18-,31?,32+/m1/s1. The fourth-order valence-electron chi connectivity index (χ4n) is 7.87. The number of benzene rings is 2. The van der Waals surface area contributed by atoms with E-state index in [1.54, 1.807) is 0 Å². The molecule has 3 atom stereocenters. The zero-order chi connectivity index (χ0) is 31.8. The number of ether oxygens (including phenoxy) is 1. The van der Waals surface area contributed by atoms with Gasteiger partial charge in [-0.25, -0.2) is 22.4 Å². The van der Waals surface area contributed by atoms with Crippen molar-refractivity contribution in [1.29, 1.82) is 0 Å². The first-order valence-corrected chi connectivity index (χ1v) is 15.4. The first-order chi connectivity index (χ1) is 22.1. The van der Waals surface area contributed by atoms with Gasteiger partial charge in [-0.05, 0) is 55.8 Å². The molecule has 14 heteroatoms. The largest absolute Gasteiger partial charge is 0.508 e. The van der Waals surface area contributed by atoms with Crippen molar-refractivity contribution in [3.05, 3.63) is 47.9 Å². The van der Waals surface area contributed by atoms with Gasteiger partial charge in [-0.15, -0.1) is 0 Å². The average molecular weight is 638 g/mol. The number of hydrogen-bond donors (Lipinski definition) is 3. The number of fused-ring (bicyclic) bond motifs is 3. The van der Waals surface area contributed by atoms with Crippen LogP contribution < -0.4 is 20.3 Å². The van der Waals surface area contributed by atoms with E-state index in [0.717, 1.165) is 37.9 Å². The van der Waals surface area contributed by atoms with Gasteiger partial charge in [0.2, 0.25) is 0 Å². The maximum atomic E-state index is 16.7. The third-order valence-corrected chi connectivity index (χ3v) is 9.96. The number of amides is 2. The molecule has 1 spiro atoms. The van der Waals surface area contributed by atoms with Crippen LogP contribution in [0.25, 0.3) is 32.9 Å². The molecule has 2 amide bonds. The van der Waals surface area contributed by atoms with Crippen LogP contribution in [0.2, 0.25) is 0 Å². The van der Waals surface area contributed by atoms with Gasteiger partial charge in [0.1, 0.15) is 35.6 Å². The van der Waals surface area contributed by atoms with E-state index in [9.17, 15) is 18.7 Å². The number of pyridine rings is 1. The predicted octanol–water partition coefficient (Wildman–Crippen LogP) is 4.57. The summed E-state index contributed by atoms with van der Waals surface area (Å²) in [5.41, 5.74) is -1.71. The molecule has 0 bridgehead atoms. The smallest absolute Gasteiger partial charge is 0.319 e. The third kappa shape index (κ3) is 4.64. The molecule has 3 N–H and O–H groups in total. The number of carbonyl (C=O) groups is 1. The summed E-state index contributed by atoms with van der Waals surface area (Å²) in [7, 11) is 0. The topological polar surface area (TPSA) is 116 Å². The number of halogens is 4. The Kier molecular flexibility index (Phi) is 6.64. The highest BCUT2D eigenvalue weighted by molar-refractivity contribution is 6.00. The lowest BCUT2D eigenvalue weighted by Gasteiger charge is -2.40. The molecular weight excluding hydrogens is 606 g/mol. The van der Waals surface area contributed by atoms with E-state index in [1.807, 2.05) is 4.90 Å². The van der Waals surface area contributed by atoms with Crippen molar-refractivity contribution in [1.82, 2.24) is 30.5 Å². The van der Waals surface area contributed by atoms with Gasteiger partial charge < -0.3 is 25.4 Å². The van der Waals surface area contributed by atoms with Crippen molar-refractivity contribution in [2.45, 2.75) is 49.4 Å². The van der Waals surface area contributed by atoms with Crippen molar-refractivity contribution >= 4 is 33.5 Å². The predicted molar refractivity (Wildman–Crippen MR) is 161 cm³/mol. The molecule has 0 radical (unpaired) electrons. The number of aromatic nitrogens is 3. The number of nitrogens with zero attached hydrogens (tertiary/aromatic N) is 5. The molecule has 2 aromatic carbocycles. The molecule has 4 aliphatic heterocycles. The minimum atomic E-state index is -1.20. The lowest BCUT2D eigenvalue weighted by atomic mass is 9.90. The van der Waals surface area contributed by atoms with E-state index in [2.05, 4.69) is 25.5 Å². The summed E-state index contributed by atoms with van der Waals surface area (Å²) in [5, 5.41) is 16.4. The van der Waals surface area contributed by atoms with Gasteiger partial charge in [0.05, 0.1) is 16.5 Å². The first-order valence-electron chi connectivity index (χ1n) is 15.4. The van der Waals surface area contributed by atoms with Crippen LogP contribution in [0.5, 0.6) is 11.8 Å². The second-order valence-corrected chi connectivity index (χ2v) is 12.9. The molecule has 10 nitrogen and oxygen atoms in total. The average Bonchev–Trinajstić information content (AvgIpc) is 3.68. The number of anilines is 1. The van der Waals surface area contributed by atoms with Crippen molar-refractivity contribution in [2.75, 3.05) is 44.2 Å². The quantitative estimate of drug-likeness (QED) is 0.273. The molecule has 4 fully saturated rings. The Morgan fingerprint density at radius 3 is 2.76 bits per heavy atom. The molecule has 0 aliphatic carbocycles. The van der Waals surface area contributed by atoms with Crippen LogP contribution in [0.4, 0.5) is 28.2 Å². The lowest BCUT2D eigenvalue weighted by Crippen LogP contribution is -2.56. The normalized spacial score (nSPS) is 26.2. The number of urea groups is 1. The van der Waals surface area contributed by atoms with Crippen LogP contribution in [0.15, 0.2) is 30.5 Å². The Labute approximate surface area is 260 Å². The Bertz CT molecular complexity index is 1910. The van der Waals surface area contributed by atoms with E-state index >= 15 is 8.78 Å². The van der Waals surface area contributed by atoms with Gasteiger partial charge in [-0.3, -0.25) is 9.88 Å². The molecule has 0 saturated carbocycles. The van der Waals surface area contributed by atoms with Gasteiger partial charge >= 0.3 is 12.0 Å². The van der Waals surface area contributed by atoms with E-state index in [0.29, 0.717) is 44.8 Å². The Morgan fingerprint density at radius 2 is 1.93 bits per heavy atom. The molecule has 1 unspecified atom stereocenters. The number of aromatic hydroxyl groups is 1. The number of piperidine rings is 1. The van der Waals surface area contributed by atoms with Crippen molar-refractivity contribution in [3.8, 4) is 23.0 Å². The molecule has 2 aromatic heterocycles. The number of alkyl halides is 1. The summed E-state index contributed by atoms with van der Waals surface area (Å²) in [4.78, 5) is 29.6. The SMILES string of the molecule is O=C1NCC2(CCCN(c3nc(OC[C@@]45CCCN4C[C@H](F)C5)nc4c(F)c(-c5cc(O)cc6ccc(F)c(F)c56)ncc34)C2)N1. The second-order valence-electron chi connectivity index (χ2n) is 12.9. The zero-order valence-electron chi connectivity index (χ0n) is 24.8. The molecule has 46 heavy (non-hydrogen) atoms. The number of carbonyl (C=O) groups excluding carboxylic acids is 1. The maximum absolute atomic E-state index is 16.7. The monoisotopic (exact) mass is 637 g/mol. The third-order valence-electron chi connectivity index (χ3n) is 9.96. The lowest BCUT2D eigenvalue weighted by molar-refractivity contribution is 0.107. The van der Waals surface area contributed by atoms with E-state index in [1.165, 1.54) is 18.3 Å². The maximum Gasteiger partial charge on any atom is 0.319 e. The molecular formula is C32H31F4N7O3. The number of rotatable bonds is 5. The summed E-state index contributed by atoms with van der Waals surface area (Å²) < 4.78 is 66.8. The summed E-state index contributed by atoms with van der Waals surface area (Å²) >= 11 is 0. The molecule has 240 valence electrons. The Balaban J connectivity index is 1.26. The van der Waals surface area contributed by atoms with Crippen molar-refractivity contribution in [2.24, 2.45) is 0 Å².